The fraction of sp³-hybridized carbons (Fsp3) is 0.444. The molecule has 0 bridgehead atoms. The zero-order chi connectivity index (χ0) is 17.4. The fourth-order valence-electron chi connectivity index (χ4n) is 2.41. The predicted octanol–water partition coefficient (Wildman–Crippen LogP) is 3.06. The number of rotatable bonds is 8. The molecule has 3 N–H and O–H groups in total. The number of hydrogen-bond donors (Lipinski definition) is 3. The Hall–Kier alpha value is -1.92. The Morgan fingerprint density at radius 2 is 2.08 bits per heavy atom. The first kappa shape index (κ1) is 18.4. The SMILES string of the molecule is CCc1nc(CCNC(=O)NC(C)CC(O)c2ccccc2)cs1. The minimum atomic E-state index is -0.580. The van der Waals surface area contributed by atoms with Gasteiger partial charge in [0.15, 0.2) is 0 Å². The molecule has 0 aliphatic carbocycles. The highest BCUT2D eigenvalue weighted by Crippen LogP contribution is 2.17. The van der Waals surface area contributed by atoms with Gasteiger partial charge in [0.2, 0.25) is 0 Å². The summed E-state index contributed by atoms with van der Waals surface area (Å²) >= 11 is 1.66. The Balaban J connectivity index is 1.67. The number of urea groups is 1. The summed E-state index contributed by atoms with van der Waals surface area (Å²) in [5, 5.41) is 19.0. The minimum Gasteiger partial charge on any atom is -0.388 e. The van der Waals surface area contributed by atoms with Crippen molar-refractivity contribution >= 4 is 17.4 Å². The number of amides is 2. The summed E-state index contributed by atoms with van der Waals surface area (Å²) < 4.78 is 0. The van der Waals surface area contributed by atoms with Gasteiger partial charge in [0.25, 0.3) is 0 Å². The average Bonchev–Trinajstić information content (AvgIpc) is 3.03. The number of aromatic nitrogens is 1. The summed E-state index contributed by atoms with van der Waals surface area (Å²) in [4.78, 5) is 16.4. The molecule has 130 valence electrons. The Morgan fingerprint density at radius 1 is 1.33 bits per heavy atom. The molecule has 24 heavy (non-hydrogen) atoms. The molecule has 2 amide bonds. The fourth-order valence-corrected chi connectivity index (χ4v) is 3.19. The molecule has 2 rings (SSSR count). The molecule has 2 atom stereocenters. The average molecular weight is 347 g/mol. The summed E-state index contributed by atoms with van der Waals surface area (Å²) in [5.41, 5.74) is 1.88. The van der Waals surface area contributed by atoms with Gasteiger partial charge in [0, 0.05) is 24.4 Å². The highest BCUT2D eigenvalue weighted by atomic mass is 32.1. The number of aryl methyl sites for hydroxylation is 1. The van der Waals surface area contributed by atoms with E-state index in [9.17, 15) is 9.90 Å². The van der Waals surface area contributed by atoms with Crippen LogP contribution in [0.5, 0.6) is 0 Å². The van der Waals surface area contributed by atoms with Gasteiger partial charge in [-0.3, -0.25) is 0 Å². The predicted molar refractivity (Wildman–Crippen MR) is 97.2 cm³/mol. The monoisotopic (exact) mass is 347 g/mol. The zero-order valence-electron chi connectivity index (χ0n) is 14.2. The quantitative estimate of drug-likeness (QED) is 0.687. The first-order valence-corrected chi connectivity index (χ1v) is 9.17. The molecule has 2 aromatic rings. The molecule has 5 nitrogen and oxygen atoms in total. The van der Waals surface area contributed by atoms with Crippen molar-refractivity contribution in [1.82, 2.24) is 15.6 Å². The maximum absolute atomic E-state index is 11.9. The maximum Gasteiger partial charge on any atom is 0.315 e. The van der Waals surface area contributed by atoms with Crippen LogP contribution in [0.4, 0.5) is 4.79 Å². The topological polar surface area (TPSA) is 74.2 Å². The van der Waals surface area contributed by atoms with Crippen molar-refractivity contribution in [3.8, 4) is 0 Å². The molecule has 1 heterocycles. The summed E-state index contributed by atoms with van der Waals surface area (Å²) in [5.74, 6) is 0. The molecule has 2 unspecified atom stereocenters. The highest BCUT2D eigenvalue weighted by molar-refractivity contribution is 7.09. The number of thiazole rings is 1. The number of aliphatic hydroxyl groups excluding tert-OH is 1. The van der Waals surface area contributed by atoms with Crippen LogP contribution in [0.3, 0.4) is 0 Å². The van der Waals surface area contributed by atoms with E-state index in [1.807, 2.05) is 42.6 Å². The minimum absolute atomic E-state index is 0.119. The van der Waals surface area contributed by atoms with Crippen molar-refractivity contribution < 1.29 is 9.90 Å². The number of benzene rings is 1. The molecular weight excluding hydrogens is 322 g/mol. The van der Waals surface area contributed by atoms with E-state index < -0.39 is 6.10 Å². The lowest BCUT2D eigenvalue weighted by Crippen LogP contribution is -2.42. The van der Waals surface area contributed by atoms with Crippen molar-refractivity contribution in [3.63, 3.8) is 0 Å². The molecule has 0 aliphatic heterocycles. The summed E-state index contributed by atoms with van der Waals surface area (Å²) in [7, 11) is 0. The Kier molecular flexibility index (Phi) is 7.21. The molecule has 6 heteroatoms. The molecule has 0 spiro atoms. The van der Waals surface area contributed by atoms with Crippen LogP contribution in [0.2, 0.25) is 0 Å². The van der Waals surface area contributed by atoms with Crippen molar-refractivity contribution in [2.75, 3.05) is 6.54 Å². The molecule has 1 aromatic carbocycles. The van der Waals surface area contributed by atoms with E-state index in [0.717, 1.165) is 29.1 Å². The van der Waals surface area contributed by atoms with Gasteiger partial charge in [0.1, 0.15) is 0 Å². The number of hydrogen-bond acceptors (Lipinski definition) is 4. The zero-order valence-corrected chi connectivity index (χ0v) is 15.0. The van der Waals surface area contributed by atoms with E-state index in [4.69, 9.17) is 0 Å². The molecule has 1 aromatic heterocycles. The number of carbonyl (C=O) groups excluding carboxylic acids is 1. The van der Waals surface area contributed by atoms with E-state index in [1.165, 1.54) is 0 Å². The van der Waals surface area contributed by atoms with Gasteiger partial charge in [0.05, 0.1) is 16.8 Å². The normalized spacial score (nSPS) is 13.3. The molecular formula is C18H25N3O2S. The Labute approximate surface area is 147 Å². The van der Waals surface area contributed by atoms with E-state index in [0.29, 0.717) is 13.0 Å². The van der Waals surface area contributed by atoms with E-state index in [1.54, 1.807) is 11.3 Å². The largest absolute Gasteiger partial charge is 0.388 e. The smallest absolute Gasteiger partial charge is 0.315 e. The Bertz CT molecular complexity index is 630. The Morgan fingerprint density at radius 3 is 2.75 bits per heavy atom. The van der Waals surface area contributed by atoms with Crippen LogP contribution < -0.4 is 10.6 Å². The van der Waals surface area contributed by atoms with Crippen molar-refractivity contribution in [3.05, 3.63) is 52.0 Å². The maximum atomic E-state index is 11.9. The third kappa shape index (κ3) is 5.94. The molecule has 0 fully saturated rings. The lowest BCUT2D eigenvalue weighted by Gasteiger charge is -2.18. The number of carbonyl (C=O) groups is 1. The van der Waals surface area contributed by atoms with Crippen LogP contribution in [-0.2, 0) is 12.8 Å². The van der Waals surface area contributed by atoms with Crippen molar-refractivity contribution in [1.29, 1.82) is 0 Å². The van der Waals surface area contributed by atoms with Crippen LogP contribution in [-0.4, -0.2) is 28.7 Å². The van der Waals surface area contributed by atoms with Crippen LogP contribution >= 0.6 is 11.3 Å². The van der Waals surface area contributed by atoms with E-state index in [-0.39, 0.29) is 12.1 Å². The molecule has 0 saturated heterocycles. The van der Waals surface area contributed by atoms with Gasteiger partial charge in [-0.1, -0.05) is 37.3 Å². The van der Waals surface area contributed by atoms with Crippen LogP contribution in [0.1, 0.15) is 42.6 Å². The number of aliphatic hydroxyl groups is 1. The summed E-state index contributed by atoms with van der Waals surface area (Å²) in [6.45, 7) is 4.52. The van der Waals surface area contributed by atoms with E-state index >= 15 is 0 Å². The second kappa shape index (κ2) is 9.39. The summed E-state index contributed by atoms with van der Waals surface area (Å²) in [6.07, 6.45) is 1.57. The van der Waals surface area contributed by atoms with Gasteiger partial charge >= 0.3 is 6.03 Å². The highest BCUT2D eigenvalue weighted by Gasteiger charge is 2.14. The number of nitrogens with zero attached hydrogens (tertiary/aromatic N) is 1. The van der Waals surface area contributed by atoms with Gasteiger partial charge in [-0.05, 0) is 25.3 Å². The summed E-state index contributed by atoms with van der Waals surface area (Å²) in [6, 6.07) is 9.14. The van der Waals surface area contributed by atoms with Crippen LogP contribution in [0.25, 0.3) is 0 Å². The van der Waals surface area contributed by atoms with Gasteiger partial charge in [-0.2, -0.15) is 0 Å². The van der Waals surface area contributed by atoms with Crippen LogP contribution in [0, 0.1) is 0 Å². The first-order valence-electron chi connectivity index (χ1n) is 8.29. The second-order valence-electron chi connectivity index (χ2n) is 5.80. The van der Waals surface area contributed by atoms with Gasteiger partial charge in [-0.15, -0.1) is 11.3 Å². The van der Waals surface area contributed by atoms with E-state index in [2.05, 4.69) is 22.5 Å². The first-order chi connectivity index (χ1) is 11.6. The van der Waals surface area contributed by atoms with Crippen molar-refractivity contribution in [2.45, 2.75) is 45.3 Å². The molecule has 0 aliphatic rings. The lowest BCUT2D eigenvalue weighted by atomic mass is 10.0. The molecule has 0 saturated carbocycles. The second-order valence-corrected chi connectivity index (χ2v) is 6.74. The van der Waals surface area contributed by atoms with Gasteiger partial charge in [-0.25, -0.2) is 9.78 Å². The number of nitrogens with one attached hydrogen (secondary N) is 2. The lowest BCUT2D eigenvalue weighted by molar-refractivity contribution is 0.154. The van der Waals surface area contributed by atoms with Crippen LogP contribution in [0.15, 0.2) is 35.7 Å². The third-order valence-corrected chi connectivity index (χ3v) is 4.75. The molecule has 0 radical (unpaired) electrons. The van der Waals surface area contributed by atoms with Gasteiger partial charge < -0.3 is 15.7 Å². The van der Waals surface area contributed by atoms with Crippen molar-refractivity contribution in [2.24, 2.45) is 0 Å². The standard InChI is InChI=1S/C18H25N3O2S/c1-3-17-21-15(12-24-17)9-10-19-18(23)20-13(2)11-16(22)14-7-5-4-6-8-14/h4-8,12-13,16,22H,3,9-11H2,1-2H3,(H2,19,20,23). The third-order valence-electron chi connectivity index (χ3n) is 3.71.